The van der Waals surface area contributed by atoms with Crippen molar-refractivity contribution < 1.29 is 9.53 Å². The number of hydrogen-bond donors (Lipinski definition) is 2. The molecular weight excluding hydrogens is 342 g/mol. The molecule has 0 aliphatic heterocycles. The van der Waals surface area contributed by atoms with Crippen LogP contribution in [0.25, 0.3) is 0 Å². The van der Waals surface area contributed by atoms with Crippen LogP contribution in [0.2, 0.25) is 0 Å². The van der Waals surface area contributed by atoms with Gasteiger partial charge in [0.15, 0.2) is 11.6 Å². The van der Waals surface area contributed by atoms with Crippen LogP contribution < -0.4 is 20.7 Å². The number of aryl methyl sites for hydroxylation is 1. The van der Waals surface area contributed by atoms with E-state index in [1.807, 2.05) is 12.1 Å². The topological polar surface area (TPSA) is 93.4 Å². The number of carbonyl (C=O) groups excluding carboxylic acids is 1. The number of hydrogen-bond acceptors (Lipinski definition) is 6. The molecule has 2 rings (SSSR count). The number of rotatable bonds is 11. The molecule has 3 N–H and O–H groups in total. The summed E-state index contributed by atoms with van der Waals surface area (Å²) in [6.07, 6.45) is 4.80. The second-order valence-corrected chi connectivity index (χ2v) is 6.34. The largest absolute Gasteiger partial charge is 0.463 e. The van der Waals surface area contributed by atoms with E-state index in [-0.39, 0.29) is 11.8 Å². The predicted octanol–water partition coefficient (Wildman–Crippen LogP) is 3.39. The number of benzene rings is 1. The van der Waals surface area contributed by atoms with Crippen LogP contribution in [-0.2, 0) is 17.8 Å². The smallest absolute Gasteiger partial charge is 0.320 e. The van der Waals surface area contributed by atoms with Gasteiger partial charge in [0.2, 0.25) is 6.41 Å². The van der Waals surface area contributed by atoms with E-state index in [2.05, 4.69) is 41.3 Å². The monoisotopic (exact) mass is 371 g/mol. The van der Waals surface area contributed by atoms with E-state index >= 15 is 0 Å². The van der Waals surface area contributed by atoms with Crippen LogP contribution in [-0.4, -0.2) is 30.0 Å². The molecule has 0 fully saturated rings. The Bertz CT molecular complexity index is 734. The summed E-state index contributed by atoms with van der Waals surface area (Å²) in [4.78, 5) is 21.9. The molecular formula is C20H29N5O2. The Morgan fingerprint density at radius 2 is 1.85 bits per heavy atom. The highest BCUT2D eigenvalue weighted by atomic mass is 16.5. The summed E-state index contributed by atoms with van der Waals surface area (Å²) in [5.41, 5.74) is 8.84. The first-order valence-corrected chi connectivity index (χ1v) is 9.40. The van der Waals surface area contributed by atoms with Gasteiger partial charge in [-0.3, -0.25) is 9.69 Å². The van der Waals surface area contributed by atoms with Crippen LogP contribution in [0.3, 0.4) is 0 Å². The average molecular weight is 371 g/mol. The maximum absolute atomic E-state index is 11.8. The Labute approximate surface area is 161 Å². The lowest BCUT2D eigenvalue weighted by atomic mass is 10.1. The first-order chi connectivity index (χ1) is 13.1. The van der Waals surface area contributed by atoms with E-state index in [0.29, 0.717) is 24.7 Å². The van der Waals surface area contributed by atoms with Gasteiger partial charge in [-0.15, -0.1) is 0 Å². The molecule has 0 aliphatic rings. The van der Waals surface area contributed by atoms with Gasteiger partial charge in [-0.05, 0) is 24.0 Å². The number of aromatic nitrogens is 2. The third-order valence-corrected chi connectivity index (χ3v) is 4.19. The second-order valence-electron chi connectivity index (χ2n) is 6.34. The van der Waals surface area contributed by atoms with E-state index in [0.717, 1.165) is 37.7 Å². The molecule has 0 bridgehead atoms. The highest BCUT2D eigenvalue weighted by Crippen LogP contribution is 2.30. The Morgan fingerprint density at radius 1 is 1.15 bits per heavy atom. The molecule has 0 aliphatic carbocycles. The van der Waals surface area contributed by atoms with Crippen molar-refractivity contribution in [3.63, 3.8) is 0 Å². The van der Waals surface area contributed by atoms with E-state index in [1.54, 1.807) is 7.05 Å². The summed E-state index contributed by atoms with van der Waals surface area (Å²) in [5, 5.41) is 2.98. The van der Waals surface area contributed by atoms with Crippen LogP contribution in [0, 0.1) is 0 Å². The number of amides is 1. The fourth-order valence-electron chi connectivity index (χ4n) is 2.72. The molecule has 0 unspecified atom stereocenters. The van der Waals surface area contributed by atoms with Crippen LogP contribution in [0.5, 0.6) is 6.01 Å². The maximum atomic E-state index is 11.8. The lowest BCUT2D eigenvalue weighted by Gasteiger charge is -2.21. The van der Waals surface area contributed by atoms with Crippen molar-refractivity contribution in [2.45, 2.75) is 46.1 Å². The average Bonchev–Trinajstić information content (AvgIpc) is 2.67. The molecule has 7 nitrogen and oxygen atoms in total. The minimum Gasteiger partial charge on any atom is -0.463 e. The number of nitrogen functional groups attached to an aromatic ring is 1. The van der Waals surface area contributed by atoms with Crippen molar-refractivity contribution in [3.05, 3.63) is 35.4 Å². The molecule has 0 spiro atoms. The number of nitrogens with zero attached hydrogens (tertiary/aromatic N) is 3. The molecule has 0 atom stereocenters. The standard InChI is InChI=1S/C20H29N5O2/c1-4-6-12-27-20-23-18(21)17(22-3)19(24-20)25(14-26)13-16-10-8-15(7-5-2)9-11-16/h8-11,14,22H,4-7,12-13H2,1-3H3,(H2,21,23,24). The van der Waals surface area contributed by atoms with Crippen LogP contribution in [0.1, 0.15) is 44.2 Å². The van der Waals surface area contributed by atoms with Gasteiger partial charge in [-0.25, -0.2) is 0 Å². The third-order valence-electron chi connectivity index (χ3n) is 4.19. The quantitative estimate of drug-likeness (QED) is 0.464. The van der Waals surface area contributed by atoms with Gasteiger partial charge in [-0.1, -0.05) is 51.0 Å². The van der Waals surface area contributed by atoms with Gasteiger partial charge in [0.1, 0.15) is 5.69 Å². The van der Waals surface area contributed by atoms with Gasteiger partial charge >= 0.3 is 6.01 Å². The summed E-state index contributed by atoms with van der Waals surface area (Å²) in [5.74, 6) is 0.656. The zero-order valence-corrected chi connectivity index (χ0v) is 16.4. The number of unbranched alkanes of at least 4 members (excludes halogenated alkanes) is 1. The zero-order valence-electron chi connectivity index (χ0n) is 16.4. The SMILES string of the molecule is CCCCOc1nc(N)c(NC)c(N(C=O)Cc2ccc(CCC)cc2)n1. The van der Waals surface area contributed by atoms with E-state index in [4.69, 9.17) is 10.5 Å². The number of ether oxygens (including phenoxy) is 1. The fourth-order valence-corrected chi connectivity index (χ4v) is 2.72. The Hall–Kier alpha value is -2.83. The maximum Gasteiger partial charge on any atom is 0.320 e. The minimum atomic E-state index is 0.181. The molecule has 27 heavy (non-hydrogen) atoms. The third kappa shape index (κ3) is 5.57. The molecule has 1 heterocycles. The van der Waals surface area contributed by atoms with Crippen molar-refractivity contribution in [3.8, 4) is 6.01 Å². The lowest BCUT2D eigenvalue weighted by Crippen LogP contribution is -2.24. The first kappa shape index (κ1) is 20.5. The summed E-state index contributed by atoms with van der Waals surface area (Å²) >= 11 is 0. The highest BCUT2D eigenvalue weighted by Gasteiger charge is 2.18. The molecule has 0 saturated heterocycles. The molecule has 1 aromatic heterocycles. The van der Waals surface area contributed by atoms with E-state index < -0.39 is 0 Å². The van der Waals surface area contributed by atoms with Gasteiger partial charge in [-0.2, -0.15) is 9.97 Å². The van der Waals surface area contributed by atoms with E-state index in [1.165, 1.54) is 10.5 Å². The zero-order chi connectivity index (χ0) is 19.6. The molecule has 2 aromatic rings. The van der Waals surface area contributed by atoms with Crippen molar-refractivity contribution in [1.82, 2.24) is 9.97 Å². The molecule has 1 amide bonds. The van der Waals surface area contributed by atoms with Gasteiger partial charge in [0.05, 0.1) is 13.2 Å². The summed E-state index contributed by atoms with van der Waals surface area (Å²) in [6.45, 7) is 5.12. The molecule has 146 valence electrons. The van der Waals surface area contributed by atoms with Gasteiger partial charge in [0, 0.05) is 7.05 Å². The normalized spacial score (nSPS) is 10.5. The molecule has 0 saturated carbocycles. The Balaban J connectivity index is 2.26. The van der Waals surface area contributed by atoms with E-state index in [9.17, 15) is 4.79 Å². The lowest BCUT2D eigenvalue weighted by molar-refractivity contribution is -0.107. The summed E-state index contributed by atoms with van der Waals surface area (Å²) in [7, 11) is 1.72. The van der Waals surface area contributed by atoms with Crippen LogP contribution in [0.4, 0.5) is 17.3 Å². The van der Waals surface area contributed by atoms with Crippen molar-refractivity contribution in [2.75, 3.05) is 29.6 Å². The predicted molar refractivity (Wildman–Crippen MR) is 109 cm³/mol. The fraction of sp³-hybridized carbons (Fsp3) is 0.450. The van der Waals surface area contributed by atoms with Crippen LogP contribution >= 0.6 is 0 Å². The number of nitrogens with one attached hydrogen (secondary N) is 1. The molecule has 7 heteroatoms. The highest BCUT2D eigenvalue weighted by molar-refractivity contribution is 5.85. The number of nitrogens with two attached hydrogens (primary N) is 1. The second kappa shape index (κ2) is 10.4. The van der Waals surface area contributed by atoms with Crippen molar-refractivity contribution >= 4 is 23.7 Å². The Morgan fingerprint density at radius 3 is 2.44 bits per heavy atom. The molecule has 0 radical (unpaired) electrons. The summed E-state index contributed by atoms with van der Waals surface area (Å²) in [6, 6.07) is 8.43. The molecule has 1 aromatic carbocycles. The summed E-state index contributed by atoms with van der Waals surface area (Å²) < 4.78 is 5.58. The van der Waals surface area contributed by atoms with Crippen molar-refractivity contribution in [2.24, 2.45) is 0 Å². The van der Waals surface area contributed by atoms with Crippen LogP contribution in [0.15, 0.2) is 24.3 Å². The van der Waals surface area contributed by atoms with Crippen molar-refractivity contribution in [1.29, 1.82) is 0 Å². The number of carbonyl (C=O) groups is 1. The minimum absolute atomic E-state index is 0.181. The Kier molecular flexibility index (Phi) is 7.85. The number of anilines is 3. The first-order valence-electron chi connectivity index (χ1n) is 9.40. The van der Waals surface area contributed by atoms with Gasteiger partial charge < -0.3 is 15.8 Å². The van der Waals surface area contributed by atoms with Gasteiger partial charge in [0.25, 0.3) is 0 Å².